The molecule has 1 heterocycles. The topological polar surface area (TPSA) is 96.4 Å². The molecule has 0 aliphatic heterocycles. The SMILES string of the molecule is O=C(O)CC(NS(=O)(=O)CCc1ccccn1)C1CC1. The van der Waals surface area contributed by atoms with Crippen LogP contribution in [0.5, 0.6) is 0 Å². The van der Waals surface area contributed by atoms with Crippen molar-refractivity contribution in [3.8, 4) is 0 Å². The Labute approximate surface area is 118 Å². The molecule has 1 unspecified atom stereocenters. The highest BCUT2D eigenvalue weighted by atomic mass is 32.2. The fraction of sp³-hybridized carbons (Fsp3) is 0.538. The van der Waals surface area contributed by atoms with Gasteiger partial charge in [0.15, 0.2) is 0 Å². The largest absolute Gasteiger partial charge is 0.481 e. The third kappa shape index (κ3) is 4.90. The summed E-state index contributed by atoms with van der Waals surface area (Å²) in [4.78, 5) is 14.8. The van der Waals surface area contributed by atoms with Crippen molar-refractivity contribution in [2.24, 2.45) is 5.92 Å². The number of pyridine rings is 1. The zero-order valence-corrected chi connectivity index (χ0v) is 11.8. The maximum absolute atomic E-state index is 12.0. The predicted octanol–water partition coefficient (Wildman–Crippen LogP) is 0.797. The minimum Gasteiger partial charge on any atom is -0.481 e. The van der Waals surface area contributed by atoms with E-state index in [9.17, 15) is 13.2 Å². The summed E-state index contributed by atoms with van der Waals surface area (Å²) in [6.07, 6.45) is 3.56. The van der Waals surface area contributed by atoms with Gasteiger partial charge in [-0.25, -0.2) is 13.1 Å². The van der Waals surface area contributed by atoms with Crippen molar-refractivity contribution >= 4 is 16.0 Å². The minimum absolute atomic E-state index is 0.0765. The van der Waals surface area contributed by atoms with Gasteiger partial charge in [-0.2, -0.15) is 0 Å². The summed E-state index contributed by atoms with van der Waals surface area (Å²) < 4.78 is 26.5. The van der Waals surface area contributed by atoms with E-state index in [1.165, 1.54) is 0 Å². The van der Waals surface area contributed by atoms with E-state index in [1.807, 2.05) is 0 Å². The lowest BCUT2D eigenvalue weighted by Crippen LogP contribution is -2.39. The zero-order chi connectivity index (χ0) is 14.6. The van der Waals surface area contributed by atoms with Gasteiger partial charge in [0.25, 0.3) is 0 Å². The Morgan fingerprint density at radius 1 is 1.45 bits per heavy atom. The lowest BCUT2D eigenvalue weighted by molar-refractivity contribution is -0.137. The molecule has 110 valence electrons. The first-order valence-electron chi connectivity index (χ1n) is 6.58. The fourth-order valence-corrected chi connectivity index (χ4v) is 3.40. The molecule has 2 N–H and O–H groups in total. The molecule has 1 atom stereocenters. The predicted molar refractivity (Wildman–Crippen MR) is 73.6 cm³/mol. The van der Waals surface area contributed by atoms with E-state index in [2.05, 4.69) is 9.71 Å². The molecule has 1 aliphatic carbocycles. The first kappa shape index (κ1) is 14.9. The smallest absolute Gasteiger partial charge is 0.304 e. The van der Waals surface area contributed by atoms with Crippen LogP contribution in [0.3, 0.4) is 0 Å². The van der Waals surface area contributed by atoms with Gasteiger partial charge >= 0.3 is 5.97 Å². The third-order valence-corrected chi connectivity index (χ3v) is 4.67. The van der Waals surface area contributed by atoms with Gasteiger partial charge in [-0.15, -0.1) is 0 Å². The van der Waals surface area contributed by atoms with Crippen LogP contribution < -0.4 is 4.72 Å². The van der Waals surface area contributed by atoms with Crippen molar-refractivity contribution in [1.29, 1.82) is 0 Å². The Balaban J connectivity index is 1.90. The molecule has 6 nitrogen and oxygen atoms in total. The number of rotatable bonds is 8. The van der Waals surface area contributed by atoms with Crippen LogP contribution in [0.25, 0.3) is 0 Å². The first-order chi connectivity index (χ1) is 9.46. The molecular weight excluding hydrogens is 280 g/mol. The zero-order valence-electron chi connectivity index (χ0n) is 11.0. The summed E-state index contributed by atoms with van der Waals surface area (Å²) in [5.74, 6) is -0.891. The van der Waals surface area contributed by atoms with Gasteiger partial charge in [-0.1, -0.05) is 6.07 Å². The van der Waals surface area contributed by atoms with E-state index in [-0.39, 0.29) is 18.1 Å². The number of carboxylic acids is 1. The number of aromatic nitrogens is 1. The molecule has 1 saturated carbocycles. The van der Waals surface area contributed by atoms with Crippen LogP contribution >= 0.6 is 0 Å². The van der Waals surface area contributed by atoms with E-state index in [1.54, 1.807) is 24.4 Å². The molecular formula is C13H18N2O4S. The number of nitrogens with zero attached hydrogens (tertiary/aromatic N) is 1. The second-order valence-electron chi connectivity index (χ2n) is 5.05. The molecule has 1 aliphatic rings. The molecule has 0 radical (unpaired) electrons. The molecule has 0 bridgehead atoms. The summed E-state index contributed by atoms with van der Waals surface area (Å²) in [7, 11) is -3.48. The van der Waals surface area contributed by atoms with E-state index < -0.39 is 22.0 Å². The van der Waals surface area contributed by atoms with Crippen LogP contribution in [0.2, 0.25) is 0 Å². The van der Waals surface area contributed by atoms with Crippen molar-refractivity contribution in [2.75, 3.05) is 5.75 Å². The van der Waals surface area contributed by atoms with Gasteiger partial charge in [0.05, 0.1) is 12.2 Å². The van der Waals surface area contributed by atoms with Crippen molar-refractivity contribution in [3.63, 3.8) is 0 Å². The summed E-state index contributed by atoms with van der Waals surface area (Å²) in [5, 5.41) is 8.82. The van der Waals surface area contributed by atoms with Crippen molar-refractivity contribution in [2.45, 2.75) is 31.7 Å². The van der Waals surface area contributed by atoms with Gasteiger partial charge in [0.1, 0.15) is 0 Å². The summed E-state index contributed by atoms with van der Waals surface area (Å²) >= 11 is 0. The number of hydrogen-bond donors (Lipinski definition) is 2. The number of carbonyl (C=O) groups is 1. The number of carboxylic acid groups (broad SMARTS) is 1. The van der Waals surface area contributed by atoms with E-state index >= 15 is 0 Å². The van der Waals surface area contributed by atoms with E-state index in [0.29, 0.717) is 12.1 Å². The van der Waals surface area contributed by atoms with Gasteiger partial charge in [0.2, 0.25) is 10.0 Å². The van der Waals surface area contributed by atoms with Crippen LogP contribution in [0.1, 0.15) is 25.0 Å². The fourth-order valence-electron chi connectivity index (χ4n) is 2.07. The van der Waals surface area contributed by atoms with Gasteiger partial charge in [-0.05, 0) is 30.9 Å². The Hall–Kier alpha value is -1.47. The van der Waals surface area contributed by atoms with Crippen LogP contribution in [-0.2, 0) is 21.2 Å². The maximum Gasteiger partial charge on any atom is 0.304 e. The molecule has 1 fully saturated rings. The Morgan fingerprint density at radius 2 is 2.20 bits per heavy atom. The van der Waals surface area contributed by atoms with E-state index in [4.69, 9.17) is 5.11 Å². The standard InChI is InChI=1S/C13H18N2O4S/c16-13(17)9-12(10-4-5-10)15-20(18,19)8-6-11-3-1-2-7-14-11/h1-3,7,10,12,15H,4-6,8-9H2,(H,16,17). The first-order valence-corrected chi connectivity index (χ1v) is 8.23. The molecule has 0 spiro atoms. The molecule has 0 aromatic carbocycles. The third-order valence-electron chi connectivity index (χ3n) is 3.27. The highest BCUT2D eigenvalue weighted by Gasteiger charge is 2.35. The average molecular weight is 298 g/mol. The van der Waals surface area contributed by atoms with E-state index in [0.717, 1.165) is 12.8 Å². The van der Waals surface area contributed by atoms with Crippen molar-refractivity contribution in [1.82, 2.24) is 9.71 Å². The molecule has 7 heteroatoms. The Morgan fingerprint density at radius 3 is 2.75 bits per heavy atom. The highest BCUT2D eigenvalue weighted by Crippen LogP contribution is 2.34. The number of sulfonamides is 1. The normalized spacial score (nSPS) is 16.8. The Kier molecular flexibility index (Phi) is 4.72. The van der Waals surface area contributed by atoms with Crippen LogP contribution in [0, 0.1) is 5.92 Å². The van der Waals surface area contributed by atoms with Gasteiger partial charge < -0.3 is 5.11 Å². The van der Waals surface area contributed by atoms with Gasteiger partial charge in [-0.3, -0.25) is 9.78 Å². The molecule has 1 aromatic heterocycles. The second-order valence-corrected chi connectivity index (χ2v) is 6.92. The maximum atomic E-state index is 12.0. The lowest BCUT2D eigenvalue weighted by atomic mass is 10.1. The summed E-state index contributed by atoms with van der Waals surface area (Å²) in [6, 6.07) is 4.86. The average Bonchev–Trinajstić information content (AvgIpc) is 3.20. The molecule has 0 amide bonds. The summed E-state index contributed by atoms with van der Waals surface area (Å²) in [6.45, 7) is 0. The molecule has 0 saturated heterocycles. The van der Waals surface area contributed by atoms with Crippen LogP contribution in [-0.4, -0.2) is 36.3 Å². The highest BCUT2D eigenvalue weighted by molar-refractivity contribution is 7.89. The van der Waals surface area contributed by atoms with Crippen molar-refractivity contribution in [3.05, 3.63) is 30.1 Å². The summed E-state index contributed by atoms with van der Waals surface area (Å²) in [5.41, 5.74) is 0.707. The number of aryl methyl sites for hydroxylation is 1. The number of aliphatic carboxylic acids is 1. The number of hydrogen-bond acceptors (Lipinski definition) is 4. The van der Waals surface area contributed by atoms with Crippen LogP contribution in [0.4, 0.5) is 0 Å². The van der Waals surface area contributed by atoms with Crippen LogP contribution in [0.15, 0.2) is 24.4 Å². The second kappa shape index (κ2) is 6.32. The quantitative estimate of drug-likeness (QED) is 0.740. The number of nitrogens with one attached hydrogen (secondary N) is 1. The molecule has 20 heavy (non-hydrogen) atoms. The molecule has 1 aromatic rings. The Bertz CT molecular complexity index is 555. The lowest BCUT2D eigenvalue weighted by Gasteiger charge is -2.16. The minimum atomic E-state index is -3.48. The monoisotopic (exact) mass is 298 g/mol. The van der Waals surface area contributed by atoms with Gasteiger partial charge in [0, 0.05) is 24.4 Å². The van der Waals surface area contributed by atoms with Crippen molar-refractivity contribution < 1.29 is 18.3 Å². The molecule has 2 rings (SSSR count).